The first-order chi connectivity index (χ1) is 6.49. The van der Waals surface area contributed by atoms with Crippen LogP contribution in [0.5, 0.6) is 0 Å². The summed E-state index contributed by atoms with van der Waals surface area (Å²) in [4.78, 5) is 10.7. The molecule has 7 nitrogen and oxygen atoms in total. The van der Waals surface area contributed by atoms with E-state index >= 15 is 0 Å². The molecule has 0 saturated carbocycles. The summed E-state index contributed by atoms with van der Waals surface area (Å²) in [5.41, 5.74) is 4.90. The molecular weight excluding hydrogens is 192 g/mol. The monoisotopic (exact) mass is 206 g/mol. The number of ether oxygens (including phenoxy) is 1. The topological polar surface area (TPSA) is 125 Å². The number of amides is 1. The van der Waals surface area contributed by atoms with Crippen LogP contribution in [-0.4, -0.2) is 58.9 Å². The first-order valence-corrected chi connectivity index (χ1v) is 4.15. The number of likely N-dealkylation sites (N-methyl/N-ethyl adjacent to an activating group) is 1. The average molecular weight is 206 g/mol. The number of carbonyl (C=O) groups is 1. The molecule has 7 heteroatoms. The first-order valence-electron chi connectivity index (χ1n) is 4.15. The van der Waals surface area contributed by atoms with E-state index in [2.05, 4.69) is 5.32 Å². The van der Waals surface area contributed by atoms with Gasteiger partial charge < -0.3 is 31.1 Å². The van der Waals surface area contributed by atoms with Gasteiger partial charge >= 0.3 is 0 Å². The van der Waals surface area contributed by atoms with Gasteiger partial charge in [0.2, 0.25) is 5.91 Å². The minimum absolute atomic E-state index is 0.847. The minimum Gasteiger partial charge on any atom is -0.388 e. The van der Waals surface area contributed by atoms with E-state index in [-0.39, 0.29) is 0 Å². The van der Waals surface area contributed by atoms with Crippen molar-refractivity contribution in [3.63, 3.8) is 0 Å². The SMILES string of the molecule is CNC1C(O)OC(C(N)=O)C(O)C1O. The fourth-order valence-corrected chi connectivity index (χ4v) is 1.42. The van der Waals surface area contributed by atoms with E-state index in [0.717, 1.165) is 0 Å². The summed E-state index contributed by atoms with van der Waals surface area (Å²) in [5.74, 6) is -0.926. The van der Waals surface area contributed by atoms with E-state index in [9.17, 15) is 20.1 Å². The number of carbonyl (C=O) groups excluding carboxylic acids is 1. The van der Waals surface area contributed by atoms with Crippen LogP contribution in [0.15, 0.2) is 0 Å². The van der Waals surface area contributed by atoms with E-state index in [1.165, 1.54) is 7.05 Å². The molecule has 5 unspecified atom stereocenters. The molecular formula is C7H14N2O5. The number of aliphatic hydroxyl groups excluding tert-OH is 3. The van der Waals surface area contributed by atoms with Gasteiger partial charge in [-0.15, -0.1) is 0 Å². The zero-order chi connectivity index (χ0) is 10.9. The van der Waals surface area contributed by atoms with Crippen molar-refractivity contribution in [3.05, 3.63) is 0 Å². The van der Waals surface area contributed by atoms with Crippen LogP contribution in [0, 0.1) is 0 Å². The lowest BCUT2D eigenvalue weighted by Crippen LogP contribution is -2.64. The second-order valence-electron chi connectivity index (χ2n) is 3.15. The molecule has 1 amide bonds. The molecule has 1 fully saturated rings. The van der Waals surface area contributed by atoms with Crippen LogP contribution in [0.1, 0.15) is 0 Å². The molecule has 1 aliphatic rings. The van der Waals surface area contributed by atoms with Crippen LogP contribution in [0.3, 0.4) is 0 Å². The standard InChI is InChI=1S/C7H14N2O5/c1-9-2-3(10)4(11)5(6(8)12)14-7(2)13/h2-5,7,9-11,13H,1H3,(H2,8,12). The summed E-state index contributed by atoms with van der Waals surface area (Å²) in [6.45, 7) is 0. The lowest BCUT2D eigenvalue weighted by molar-refractivity contribution is -0.241. The van der Waals surface area contributed by atoms with Gasteiger partial charge in [0.25, 0.3) is 0 Å². The van der Waals surface area contributed by atoms with Gasteiger partial charge in [0.1, 0.15) is 12.2 Å². The van der Waals surface area contributed by atoms with Crippen LogP contribution in [0.25, 0.3) is 0 Å². The zero-order valence-electron chi connectivity index (χ0n) is 7.62. The third kappa shape index (κ3) is 1.86. The van der Waals surface area contributed by atoms with E-state index in [0.29, 0.717) is 0 Å². The quantitative estimate of drug-likeness (QED) is 0.319. The Morgan fingerprint density at radius 3 is 2.36 bits per heavy atom. The summed E-state index contributed by atoms with van der Waals surface area (Å²) >= 11 is 0. The Morgan fingerprint density at radius 2 is 1.93 bits per heavy atom. The molecule has 1 heterocycles. The molecule has 0 aliphatic carbocycles. The molecule has 0 bridgehead atoms. The zero-order valence-corrected chi connectivity index (χ0v) is 7.62. The van der Waals surface area contributed by atoms with E-state index in [1.807, 2.05) is 0 Å². The third-order valence-corrected chi connectivity index (χ3v) is 2.24. The number of primary amides is 1. The number of nitrogens with two attached hydrogens (primary N) is 1. The van der Waals surface area contributed by atoms with Gasteiger partial charge in [0.05, 0.1) is 6.04 Å². The van der Waals surface area contributed by atoms with Crippen LogP contribution in [0.4, 0.5) is 0 Å². The molecule has 14 heavy (non-hydrogen) atoms. The molecule has 1 aliphatic heterocycles. The lowest BCUT2D eigenvalue weighted by Gasteiger charge is -2.39. The maximum Gasteiger partial charge on any atom is 0.249 e. The van der Waals surface area contributed by atoms with Crippen LogP contribution < -0.4 is 11.1 Å². The number of aliphatic hydroxyl groups is 3. The number of rotatable bonds is 2. The molecule has 0 aromatic heterocycles. The van der Waals surface area contributed by atoms with Gasteiger partial charge in [-0.05, 0) is 7.05 Å². The number of hydrogen-bond acceptors (Lipinski definition) is 6. The van der Waals surface area contributed by atoms with Gasteiger partial charge in [0, 0.05) is 0 Å². The molecule has 1 rings (SSSR count). The Labute approximate surface area is 80.5 Å². The summed E-state index contributed by atoms with van der Waals surface area (Å²) in [6, 6.07) is -0.847. The largest absolute Gasteiger partial charge is 0.388 e. The van der Waals surface area contributed by atoms with Crippen molar-refractivity contribution in [2.75, 3.05) is 7.05 Å². The molecule has 82 valence electrons. The average Bonchev–Trinajstić information content (AvgIpc) is 2.12. The Balaban J connectivity index is 2.77. The van der Waals surface area contributed by atoms with Crippen LogP contribution in [0.2, 0.25) is 0 Å². The van der Waals surface area contributed by atoms with Gasteiger partial charge in [0.15, 0.2) is 12.4 Å². The minimum atomic E-state index is -1.44. The second-order valence-corrected chi connectivity index (χ2v) is 3.15. The molecule has 5 atom stereocenters. The fraction of sp³-hybridized carbons (Fsp3) is 0.857. The van der Waals surface area contributed by atoms with E-state index in [4.69, 9.17) is 10.5 Å². The van der Waals surface area contributed by atoms with Crippen molar-refractivity contribution < 1.29 is 24.9 Å². The predicted molar refractivity (Wildman–Crippen MR) is 44.9 cm³/mol. The normalized spacial score (nSPS) is 43.6. The molecule has 0 aromatic carbocycles. The van der Waals surface area contributed by atoms with Gasteiger partial charge in [-0.1, -0.05) is 0 Å². The van der Waals surface area contributed by atoms with Crippen molar-refractivity contribution in [3.8, 4) is 0 Å². The van der Waals surface area contributed by atoms with Crippen LogP contribution >= 0.6 is 0 Å². The van der Waals surface area contributed by atoms with Gasteiger partial charge in [-0.3, -0.25) is 4.79 Å². The van der Waals surface area contributed by atoms with Crippen molar-refractivity contribution in [1.82, 2.24) is 5.32 Å². The second kappa shape index (κ2) is 4.20. The Kier molecular flexibility index (Phi) is 3.40. The Morgan fingerprint density at radius 1 is 1.36 bits per heavy atom. The summed E-state index contributed by atoms with van der Waals surface area (Å²) in [7, 11) is 1.48. The fourth-order valence-electron chi connectivity index (χ4n) is 1.42. The highest BCUT2D eigenvalue weighted by Gasteiger charge is 2.45. The van der Waals surface area contributed by atoms with Crippen LogP contribution in [-0.2, 0) is 9.53 Å². The molecule has 0 aromatic rings. The first kappa shape index (κ1) is 11.3. The molecule has 0 radical (unpaired) electrons. The lowest BCUT2D eigenvalue weighted by atomic mass is 9.96. The highest BCUT2D eigenvalue weighted by atomic mass is 16.6. The Bertz CT molecular complexity index is 224. The maximum absolute atomic E-state index is 10.7. The summed E-state index contributed by atoms with van der Waals surface area (Å²) < 4.78 is 4.74. The van der Waals surface area contributed by atoms with E-state index < -0.39 is 36.6 Å². The number of hydrogen-bond donors (Lipinski definition) is 5. The summed E-state index contributed by atoms with van der Waals surface area (Å²) in [5, 5.41) is 30.7. The molecule has 1 saturated heterocycles. The van der Waals surface area contributed by atoms with Crippen molar-refractivity contribution >= 4 is 5.91 Å². The van der Waals surface area contributed by atoms with Crippen molar-refractivity contribution in [2.45, 2.75) is 30.6 Å². The molecule has 6 N–H and O–H groups in total. The smallest absolute Gasteiger partial charge is 0.249 e. The Hall–Kier alpha value is -0.730. The van der Waals surface area contributed by atoms with E-state index in [1.54, 1.807) is 0 Å². The number of nitrogens with one attached hydrogen (secondary N) is 1. The van der Waals surface area contributed by atoms with Crippen molar-refractivity contribution in [1.29, 1.82) is 0 Å². The van der Waals surface area contributed by atoms with Crippen molar-refractivity contribution in [2.24, 2.45) is 5.73 Å². The highest BCUT2D eigenvalue weighted by molar-refractivity contribution is 5.79. The highest BCUT2D eigenvalue weighted by Crippen LogP contribution is 2.19. The summed E-state index contributed by atoms with van der Waals surface area (Å²) in [6.07, 6.45) is -5.50. The van der Waals surface area contributed by atoms with Gasteiger partial charge in [-0.25, -0.2) is 0 Å². The maximum atomic E-state index is 10.7. The predicted octanol–water partition coefficient (Wildman–Crippen LogP) is -3.50. The van der Waals surface area contributed by atoms with Gasteiger partial charge in [-0.2, -0.15) is 0 Å². The molecule has 0 spiro atoms. The third-order valence-electron chi connectivity index (χ3n) is 2.24.